The Morgan fingerprint density at radius 1 is 0.966 bits per heavy atom. The van der Waals surface area contributed by atoms with Gasteiger partial charge < -0.3 is 9.67 Å². The Bertz CT molecular complexity index is 1210. The first kappa shape index (κ1) is 19.9. The van der Waals surface area contributed by atoms with Gasteiger partial charge in [0.1, 0.15) is 0 Å². The predicted molar refractivity (Wildman–Crippen MR) is 124 cm³/mol. The van der Waals surface area contributed by atoms with Gasteiger partial charge in [0.2, 0.25) is 0 Å². The molecule has 1 heterocycles. The van der Waals surface area contributed by atoms with E-state index in [0.717, 1.165) is 43.2 Å². The molecule has 0 aliphatic heterocycles. The van der Waals surface area contributed by atoms with Crippen LogP contribution in [-0.2, 0) is 13.0 Å². The molecule has 0 unspecified atom stereocenters. The first-order chi connectivity index (χ1) is 13.9. The zero-order valence-corrected chi connectivity index (χ0v) is 19.0. The molecule has 146 valence electrons. The van der Waals surface area contributed by atoms with Crippen LogP contribution < -0.4 is 0 Å². The van der Waals surface area contributed by atoms with Crippen molar-refractivity contribution in [3.8, 4) is 0 Å². The Kier molecular flexibility index (Phi) is 5.61. The Labute approximate surface area is 186 Å². The number of aromatic carboxylic acids is 1. The molecule has 0 saturated heterocycles. The van der Waals surface area contributed by atoms with Gasteiger partial charge in [-0.15, -0.1) is 0 Å². The third kappa shape index (κ3) is 4.02. The summed E-state index contributed by atoms with van der Waals surface area (Å²) in [7, 11) is 0. The lowest BCUT2D eigenvalue weighted by molar-refractivity contribution is 0.0696. The quantitative estimate of drug-likeness (QED) is 0.319. The molecule has 4 rings (SSSR count). The van der Waals surface area contributed by atoms with Crippen molar-refractivity contribution >= 4 is 48.7 Å². The standard InChI is InChI=1S/C24H19Br2NO2/c1-15-21(12-17-4-2-3-5-20(17)24(28)29)22-13-19(26)10-11-23(22)27(15)14-16-6-8-18(25)9-7-16/h2-11,13H,12,14H2,1H3,(H,28,29). The van der Waals surface area contributed by atoms with Gasteiger partial charge in [-0.25, -0.2) is 4.79 Å². The Morgan fingerprint density at radius 2 is 1.66 bits per heavy atom. The second-order valence-corrected chi connectivity index (χ2v) is 8.91. The van der Waals surface area contributed by atoms with Gasteiger partial charge in [-0.1, -0.05) is 62.2 Å². The number of fused-ring (bicyclic) bond motifs is 1. The van der Waals surface area contributed by atoms with Gasteiger partial charge in [-0.3, -0.25) is 0 Å². The van der Waals surface area contributed by atoms with Crippen molar-refractivity contribution in [1.29, 1.82) is 0 Å². The molecule has 0 saturated carbocycles. The van der Waals surface area contributed by atoms with Crippen LogP contribution in [0.25, 0.3) is 10.9 Å². The fourth-order valence-electron chi connectivity index (χ4n) is 3.80. The number of halogens is 2. The first-order valence-corrected chi connectivity index (χ1v) is 10.9. The predicted octanol–water partition coefficient (Wildman–Crippen LogP) is 6.81. The summed E-state index contributed by atoms with van der Waals surface area (Å²) in [6.07, 6.45) is 0.578. The zero-order valence-electron chi connectivity index (χ0n) is 15.8. The van der Waals surface area contributed by atoms with Gasteiger partial charge in [0.15, 0.2) is 0 Å². The topological polar surface area (TPSA) is 42.2 Å². The van der Waals surface area contributed by atoms with Crippen molar-refractivity contribution in [2.24, 2.45) is 0 Å². The molecule has 0 aliphatic rings. The van der Waals surface area contributed by atoms with Crippen LogP contribution in [-0.4, -0.2) is 15.6 Å². The van der Waals surface area contributed by atoms with Crippen molar-refractivity contribution in [3.05, 3.63) is 104 Å². The van der Waals surface area contributed by atoms with E-state index < -0.39 is 5.97 Å². The monoisotopic (exact) mass is 511 g/mol. The van der Waals surface area contributed by atoms with E-state index in [9.17, 15) is 9.90 Å². The maximum atomic E-state index is 11.7. The van der Waals surface area contributed by atoms with Crippen LogP contribution in [0.4, 0.5) is 0 Å². The van der Waals surface area contributed by atoms with Gasteiger partial charge in [0.25, 0.3) is 0 Å². The summed E-state index contributed by atoms with van der Waals surface area (Å²) in [6.45, 7) is 2.88. The van der Waals surface area contributed by atoms with E-state index >= 15 is 0 Å². The average Bonchev–Trinajstić information content (AvgIpc) is 2.95. The van der Waals surface area contributed by atoms with Crippen molar-refractivity contribution in [1.82, 2.24) is 4.57 Å². The van der Waals surface area contributed by atoms with Gasteiger partial charge in [0, 0.05) is 38.5 Å². The summed E-state index contributed by atoms with van der Waals surface area (Å²) >= 11 is 7.08. The maximum Gasteiger partial charge on any atom is 0.335 e. The number of hydrogen-bond acceptors (Lipinski definition) is 1. The molecule has 1 N–H and O–H groups in total. The number of carboxylic acids is 1. The van der Waals surface area contributed by atoms with Crippen LogP contribution in [0.3, 0.4) is 0 Å². The number of benzene rings is 3. The molecule has 0 amide bonds. The lowest BCUT2D eigenvalue weighted by Crippen LogP contribution is -2.05. The smallest absolute Gasteiger partial charge is 0.335 e. The molecule has 29 heavy (non-hydrogen) atoms. The van der Waals surface area contributed by atoms with Gasteiger partial charge >= 0.3 is 5.97 Å². The van der Waals surface area contributed by atoms with E-state index in [1.807, 2.05) is 12.1 Å². The number of aromatic nitrogens is 1. The molecule has 0 spiro atoms. The SMILES string of the molecule is Cc1c(Cc2ccccc2C(=O)O)c2cc(Br)ccc2n1Cc1ccc(Br)cc1. The highest BCUT2D eigenvalue weighted by Crippen LogP contribution is 2.32. The van der Waals surface area contributed by atoms with E-state index in [1.165, 1.54) is 5.56 Å². The van der Waals surface area contributed by atoms with Crippen LogP contribution in [0.15, 0.2) is 75.7 Å². The van der Waals surface area contributed by atoms with E-state index in [1.54, 1.807) is 12.1 Å². The van der Waals surface area contributed by atoms with Crippen LogP contribution in [0, 0.1) is 6.92 Å². The van der Waals surface area contributed by atoms with Crippen molar-refractivity contribution in [2.75, 3.05) is 0 Å². The molecule has 0 atom stereocenters. The van der Waals surface area contributed by atoms with E-state index in [2.05, 4.69) is 85.8 Å². The number of rotatable bonds is 5. The molecule has 0 radical (unpaired) electrons. The largest absolute Gasteiger partial charge is 0.478 e. The average molecular weight is 513 g/mol. The molecule has 3 nitrogen and oxygen atoms in total. The molecule has 4 aromatic rings. The van der Waals surface area contributed by atoms with Crippen molar-refractivity contribution in [3.63, 3.8) is 0 Å². The second kappa shape index (κ2) is 8.17. The van der Waals surface area contributed by atoms with E-state index in [4.69, 9.17) is 0 Å². The molecular formula is C24H19Br2NO2. The summed E-state index contributed by atoms with van der Waals surface area (Å²) in [5, 5.41) is 10.7. The van der Waals surface area contributed by atoms with Crippen molar-refractivity contribution < 1.29 is 9.90 Å². The summed E-state index contributed by atoms with van der Waals surface area (Å²) in [5.41, 5.74) is 5.86. The fraction of sp³-hybridized carbons (Fsp3) is 0.125. The third-order valence-corrected chi connectivity index (χ3v) is 6.31. The highest BCUT2D eigenvalue weighted by molar-refractivity contribution is 9.10. The van der Waals surface area contributed by atoms with Crippen molar-refractivity contribution in [2.45, 2.75) is 19.9 Å². The summed E-state index contributed by atoms with van der Waals surface area (Å²) < 4.78 is 4.38. The van der Waals surface area contributed by atoms with Crippen LogP contribution in [0.5, 0.6) is 0 Å². The molecule has 1 aromatic heterocycles. The van der Waals surface area contributed by atoms with E-state index in [0.29, 0.717) is 12.0 Å². The van der Waals surface area contributed by atoms with E-state index in [-0.39, 0.29) is 0 Å². The molecule has 5 heteroatoms. The minimum absolute atomic E-state index is 0.357. The summed E-state index contributed by atoms with van der Waals surface area (Å²) in [5.74, 6) is -0.891. The van der Waals surface area contributed by atoms with Gasteiger partial charge in [-0.2, -0.15) is 0 Å². The lowest BCUT2D eigenvalue weighted by atomic mass is 9.98. The van der Waals surface area contributed by atoms with Crippen LogP contribution >= 0.6 is 31.9 Å². The minimum atomic E-state index is -0.891. The molecule has 0 bridgehead atoms. The first-order valence-electron chi connectivity index (χ1n) is 9.27. The zero-order chi connectivity index (χ0) is 20.5. The minimum Gasteiger partial charge on any atom is -0.478 e. The summed E-state index contributed by atoms with van der Waals surface area (Å²) in [6, 6.07) is 21.9. The Morgan fingerprint density at radius 3 is 2.38 bits per heavy atom. The van der Waals surface area contributed by atoms with Gasteiger partial charge in [-0.05, 0) is 60.0 Å². The molecule has 0 aliphatic carbocycles. The Balaban J connectivity index is 1.84. The number of hydrogen-bond donors (Lipinski definition) is 1. The fourth-order valence-corrected chi connectivity index (χ4v) is 4.42. The third-order valence-electron chi connectivity index (χ3n) is 5.29. The number of nitrogens with zero attached hydrogens (tertiary/aromatic N) is 1. The lowest BCUT2D eigenvalue weighted by Gasteiger charge is -2.10. The van der Waals surface area contributed by atoms with Gasteiger partial charge in [0.05, 0.1) is 5.56 Å². The Hall–Kier alpha value is -2.37. The maximum absolute atomic E-state index is 11.7. The van der Waals surface area contributed by atoms with Crippen LogP contribution in [0.1, 0.15) is 32.7 Å². The highest BCUT2D eigenvalue weighted by atomic mass is 79.9. The summed E-state index contributed by atoms with van der Waals surface area (Å²) in [4.78, 5) is 11.7. The molecule has 0 fully saturated rings. The van der Waals surface area contributed by atoms with Crippen LogP contribution in [0.2, 0.25) is 0 Å². The highest BCUT2D eigenvalue weighted by Gasteiger charge is 2.18. The molecule has 3 aromatic carbocycles. The second-order valence-electron chi connectivity index (χ2n) is 7.08. The normalized spacial score (nSPS) is 11.1. The number of carboxylic acid groups (broad SMARTS) is 1. The number of carbonyl (C=O) groups is 1. The molecular weight excluding hydrogens is 494 g/mol.